The molecule has 1 aromatic carbocycles. The molecular formula is C8H11NO3S. The van der Waals surface area contributed by atoms with Crippen LogP contribution in [0.4, 0.5) is 5.69 Å². The van der Waals surface area contributed by atoms with Crippen molar-refractivity contribution < 1.29 is 13.0 Å². The summed E-state index contributed by atoms with van der Waals surface area (Å²) in [6.07, 6.45) is 0. The zero-order valence-electron chi connectivity index (χ0n) is 7.40. The van der Waals surface area contributed by atoms with Crippen LogP contribution in [0.1, 0.15) is 11.1 Å². The van der Waals surface area contributed by atoms with Gasteiger partial charge in [-0.15, -0.1) is 0 Å². The fraction of sp³-hybridized carbons (Fsp3) is 0.250. The second-order valence-corrected chi connectivity index (χ2v) is 4.28. The third-order valence-electron chi connectivity index (χ3n) is 2.02. The predicted octanol–water partition coefficient (Wildman–Crippen LogP) is 1.13. The van der Waals surface area contributed by atoms with Gasteiger partial charge in [0.05, 0.1) is 5.69 Å². The van der Waals surface area contributed by atoms with Crippen molar-refractivity contribution in [2.45, 2.75) is 18.7 Å². The molecule has 3 N–H and O–H groups in total. The number of nitrogen functional groups attached to an aromatic ring is 1. The van der Waals surface area contributed by atoms with E-state index in [2.05, 4.69) is 0 Å². The minimum Gasteiger partial charge on any atom is -0.397 e. The van der Waals surface area contributed by atoms with E-state index in [1.54, 1.807) is 13.0 Å². The molecule has 0 radical (unpaired) electrons. The van der Waals surface area contributed by atoms with E-state index in [1.807, 2.05) is 6.92 Å². The lowest BCUT2D eigenvalue weighted by molar-refractivity contribution is 0.483. The predicted molar refractivity (Wildman–Crippen MR) is 50.1 cm³/mol. The zero-order valence-corrected chi connectivity index (χ0v) is 8.22. The summed E-state index contributed by atoms with van der Waals surface area (Å²) < 4.78 is 30.4. The van der Waals surface area contributed by atoms with E-state index < -0.39 is 10.1 Å². The maximum Gasteiger partial charge on any atom is 0.296 e. The van der Waals surface area contributed by atoms with Gasteiger partial charge >= 0.3 is 0 Å². The number of anilines is 1. The van der Waals surface area contributed by atoms with Crippen molar-refractivity contribution in [2.75, 3.05) is 5.73 Å². The maximum atomic E-state index is 10.8. The molecule has 0 heterocycles. The second kappa shape index (κ2) is 3.01. The lowest BCUT2D eigenvalue weighted by atomic mass is 10.1. The van der Waals surface area contributed by atoms with Gasteiger partial charge < -0.3 is 5.73 Å². The van der Waals surface area contributed by atoms with Crippen LogP contribution in [0.2, 0.25) is 0 Å². The molecule has 0 aliphatic heterocycles. The number of benzene rings is 1. The third kappa shape index (κ3) is 1.81. The number of nitrogens with two attached hydrogens (primary N) is 1. The topological polar surface area (TPSA) is 80.4 Å². The molecular weight excluding hydrogens is 190 g/mol. The van der Waals surface area contributed by atoms with Gasteiger partial charge in [-0.1, -0.05) is 6.07 Å². The lowest BCUT2D eigenvalue weighted by Gasteiger charge is -2.07. The Morgan fingerprint density at radius 2 is 1.85 bits per heavy atom. The Morgan fingerprint density at radius 3 is 2.31 bits per heavy atom. The molecule has 0 aliphatic rings. The van der Waals surface area contributed by atoms with Gasteiger partial charge in [-0.25, -0.2) is 0 Å². The van der Waals surface area contributed by atoms with Gasteiger partial charge in [0.2, 0.25) is 0 Å². The first kappa shape index (κ1) is 10.0. The molecule has 0 saturated carbocycles. The fourth-order valence-electron chi connectivity index (χ4n) is 1.04. The molecule has 0 atom stereocenters. The van der Waals surface area contributed by atoms with Crippen LogP contribution in [0.5, 0.6) is 0 Å². The molecule has 0 fully saturated rings. The molecule has 0 aliphatic carbocycles. The van der Waals surface area contributed by atoms with Crippen molar-refractivity contribution in [3.63, 3.8) is 0 Å². The number of hydrogen-bond donors (Lipinski definition) is 2. The third-order valence-corrected chi connectivity index (χ3v) is 2.94. The number of hydrogen-bond acceptors (Lipinski definition) is 3. The van der Waals surface area contributed by atoms with Crippen molar-refractivity contribution in [2.24, 2.45) is 0 Å². The summed E-state index contributed by atoms with van der Waals surface area (Å²) in [6, 6.07) is 2.90. The molecule has 0 bridgehead atoms. The van der Waals surface area contributed by atoms with Gasteiger partial charge in [0.25, 0.3) is 10.1 Å². The van der Waals surface area contributed by atoms with Crippen LogP contribution in [-0.2, 0) is 10.1 Å². The molecule has 4 nitrogen and oxygen atoms in total. The Morgan fingerprint density at radius 1 is 1.31 bits per heavy atom. The number of aryl methyl sites for hydroxylation is 1. The monoisotopic (exact) mass is 201 g/mol. The van der Waals surface area contributed by atoms with Crippen LogP contribution >= 0.6 is 0 Å². The van der Waals surface area contributed by atoms with Gasteiger partial charge in [0.15, 0.2) is 0 Å². The highest BCUT2D eigenvalue weighted by Crippen LogP contribution is 2.23. The van der Waals surface area contributed by atoms with E-state index in [0.29, 0.717) is 5.56 Å². The summed E-state index contributed by atoms with van der Waals surface area (Å²) in [7, 11) is -4.20. The van der Waals surface area contributed by atoms with E-state index >= 15 is 0 Å². The van der Waals surface area contributed by atoms with E-state index in [1.165, 1.54) is 6.07 Å². The average molecular weight is 201 g/mol. The quantitative estimate of drug-likeness (QED) is 0.527. The van der Waals surface area contributed by atoms with Gasteiger partial charge in [-0.2, -0.15) is 8.42 Å². The normalized spacial score (nSPS) is 11.6. The van der Waals surface area contributed by atoms with Crippen LogP contribution in [0.25, 0.3) is 0 Å². The van der Waals surface area contributed by atoms with Crippen LogP contribution in [-0.4, -0.2) is 13.0 Å². The summed E-state index contributed by atoms with van der Waals surface area (Å²) in [6.45, 7) is 3.53. The molecule has 0 aromatic heterocycles. The molecule has 0 spiro atoms. The zero-order chi connectivity index (χ0) is 10.2. The summed E-state index contributed by atoms with van der Waals surface area (Å²) in [5.74, 6) is 0. The van der Waals surface area contributed by atoms with Gasteiger partial charge in [-0.3, -0.25) is 4.55 Å². The van der Waals surface area contributed by atoms with E-state index in [-0.39, 0.29) is 10.6 Å². The van der Waals surface area contributed by atoms with Crippen LogP contribution in [0.15, 0.2) is 17.0 Å². The lowest BCUT2D eigenvalue weighted by Crippen LogP contribution is -2.05. The van der Waals surface area contributed by atoms with Gasteiger partial charge in [0, 0.05) is 0 Å². The first-order chi connectivity index (χ1) is 5.84. The largest absolute Gasteiger partial charge is 0.397 e. The van der Waals surface area contributed by atoms with Crippen LogP contribution < -0.4 is 5.73 Å². The van der Waals surface area contributed by atoms with Crippen molar-refractivity contribution in [3.8, 4) is 0 Å². The summed E-state index contributed by atoms with van der Waals surface area (Å²) in [5.41, 5.74) is 7.21. The summed E-state index contributed by atoms with van der Waals surface area (Å²) >= 11 is 0. The molecule has 5 heteroatoms. The highest BCUT2D eigenvalue weighted by Gasteiger charge is 2.15. The molecule has 1 rings (SSSR count). The highest BCUT2D eigenvalue weighted by atomic mass is 32.2. The van der Waals surface area contributed by atoms with Crippen molar-refractivity contribution in [1.29, 1.82) is 0 Å². The molecule has 0 amide bonds. The average Bonchev–Trinajstić information content (AvgIpc) is 1.98. The molecule has 0 unspecified atom stereocenters. The second-order valence-electron chi connectivity index (χ2n) is 2.89. The van der Waals surface area contributed by atoms with Crippen molar-refractivity contribution >= 4 is 15.8 Å². The standard InChI is InChI=1S/C8H11NO3S/c1-5-3-4-7(13(10,11)12)8(9)6(5)2/h3-4H,9H2,1-2H3,(H,10,11,12). The minimum absolute atomic E-state index is 0.113. The van der Waals surface area contributed by atoms with E-state index in [0.717, 1.165) is 5.56 Å². The Bertz CT molecular complexity index is 437. The maximum absolute atomic E-state index is 10.8. The molecule has 72 valence electrons. The Balaban J connectivity index is 3.53. The van der Waals surface area contributed by atoms with Gasteiger partial charge in [0.1, 0.15) is 4.90 Å². The first-order valence-corrected chi connectivity index (χ1v) is 5.11. The Labute approximate surface area is 77.1 Å². The van der Waals surface area contributed by atoms with Crippen molar-refractivity contribution in [3.05, 3.63) is 23.3 Å². The minimum atomic E-state index is -4.20. The van der Waals surface area contributed by atoms with E-state index in [9.17, 15) is 8.42 Å². The van der Waals surface area contributed by atoms with Gasteiger partial charge in [-0.05, 0) is 31.0 Å². The number of rotatable bonds is 1. The molecule has 1 aromatic rings. The fourth-order valence-corrected chi connectivity index (χ4v) is 1.71. The van der Waals surface area contributed by atoms with E-state index in [4.69, 9.17) is 10.3 Å². The molecule has 0 saturated heterocycles. The molecule has 13 heavy (non-hydrogen) atoms. The first-order valence-electron chi connectivity index (χ1n) is 3.67. The summed E-state index contributed by atoms with van der Waals surface area (Å²) in [4.78, 5) is -0.226. The van der Waals surface area contributed by atoms with Crippen molar-refractivity contribution in [1.82, 2.24) is 0 Å². The Kier molecular flexibility index (Phi) is 2.32. The Hall–Kier alpha value is -1.07. The van der Waals surface area contributed by atoms with Crippen LogP contribution in [0, 0.1) is 13.8 Å². The highest BCUT2D eigenvalue weighted by molar-refractivity contribution is 7.86. The van der Waals surface area contributed by atoms with Crippen LogP contribution in [0.3, 0.4) is 0 Å². The SMILES string of the molecule is Cc1ccc(S(=O)(=O)O)c(N)c1C. The smallest absolute Gasteiger partial charge is 0.296 e. The summed E-state index contributed by atoms with van der Waals surface area (Å²) in [5, 5.41) is 0.